The van der Waals surface area contributed by atoms with Crippen molar-refractivity contribution in [2.24, 2.45) is 5.16 Å². The monoisotopic (exact) mass is 672 g/mol. The number of nitrogens with zero attached hydrogens (tertiary/aromatic N) is 4. The Labute approximate surface area is 255 Å². The summed E-state index contributed by atoms with van der Waals surface area (Å²) >= 11 is 0.891. The Balaban J connectivity index is 1.46. The molecule has 4 rings (SSSR count). The number of nitrogen functional groups attached to an aromatic ring is 1. The van der Waals surface area contributed by atoms with Gasteiger partial charge in [-0.2, -0.15) is 13.1 Å². The number of aromatic nitrogens is 2. The van der Waals surface area contributed by atoms with Gasteiger partial charge in [-0.1, -0.05) is 5.16 Å². The average Bonchev–Trinajstić information content (AvgIpc) is 3.36. The van der Waals surface area contributed by atoms with Crippen LogP contribution in [0.25, 0.3) is 0 Å². The second-order valence-electron chi connectivity index (χ2n) is 9.64. The molecule has 2 aromatic heterocycles. The van der Waals surface area contributed by atoms with E-state index in [2.05, 4.69) is 20.8 Å². The van der Waals surface area contributed by atoms with Gasteiger partial charge in [0, 0.05) is 30.8 Å². The van der Waals surface area contributed by atoms with Crippen LogP contribution in [0.15, 0.2) is 27.6 Å². The Morgan fingerprint density at radius 1 is 1.18 bits per heavy atom. The fourth-order valence-electron chi connectivity index (χ4n) is 4.16. The minimum absolute atomic E-state index is 0.00841. The highest BCUT2D eigenvalue weighted by atomic mass is 32.2. The molecule has 3 heterocycles. The van der Waals surface area contributed by atoms with Crippen molar-refractivity contribution in [1.82, 2.24) is 30.0 Å². The number of oxime groups is 1. The summed E-state index contributed by atoms with van der Waals surface area (Å²) in [6.07, 6.45) is 1.35. The zero-order valence-electron chi connectivity index (χ0n) is 22.6. The highest BCUT2D eigenvalue weighted by Gasteiger charge is 2.54. The van der Waals surface area contributed by atoms with Crippen molar-refractivity contribution in [2.75, 3.05) is 12.3 Å². The number of carbonyl (C=O) groups is 5. The molecule has 23 heteroatoms. The van der Waals surface area contributed by atoms with E-state index >= 15 is 0 Å². The molecule has 0 radical (unpaired) electrons. The Morgan fingerprint density at radius 2 is 1.84 bits per heavy atom. The van der Waals surface area contributed by atoms with Crippen LogP contribution in [0.4, 0.5) is 5.13 Å². The maximum atomic E-state index is 13.2. The lowest BCUT2D eigenvalue weighted by Gasteiger charge is -2.44. The van der Waals surface area contributed by atoms with E-state index in [-0.39, 0.29) is 33.7 Å². The number of aromatic hydroxyl groups is 1. The van der Waals surface area contributed by atoms with Gasteiger partial charge in [-0.05, 0) is 6.42 Å². The number of pyridine rings is 1. The number of hydrogen-bond donors (Lipinski definition) is 8. The summed E-state index contributed by atoms with van der Waals surface area (Å²) in [5.41, 5.74) is 2.02. The molecule has 242 valence electrons. The number of amides is 4. The van der Waals surface area contributed by atoms with Gasteiger partial charge in [-0.25, -0.2) is 14.1 Å². The third-order valence-corrected chi connectivity index (χ3v) is 8.37. The van der Waals surface area contributed by atoms with Crippen molar-refractivity contribution in [3.05, 3.63) is 39.3 Å². The fourth-order valence-corrected chi connectivity index (χ4v) is 5.59. The fraction of sp³-hybridized carbons (Fsp3) is 0.364. The van der Waals surface area contributed by atoms with Crippen LogP contribution in [-0.4, -0.2) is 102 Å². The molecule has 1 aliphatic carbocycles. The van der Waals surface area contributed by atoms with E-state index in [0.717, 1.165) is 17.4 Å². The molecule has 0 aromatic carbocycles. The topological polar surface area (TPSA) is 322 Å². The van der Waals surface area contributed by atoms with Crippen molar-refractivity contribution < 1.29 is 57.2 Å². The highest BCUT2D eigenvalue weighted by molar-refractivity contribution is 7.84. The first-order valence-electron chi connectivity index (χ1n) is 12.6. The van der Waals surface area contributed by atoms with Crippen LogP contribution in [0.2, 0.25) is 0 Å². The van der Waals surface area contributed by atoms with E-state index in [9.17, 15) is 57.2 Å². The number of carboxylic acids is 1. The van der Waals surface area contributed by atoms with Crippen LogP contribution in [0.1, 0.15) is 30.7 Å². The molecule has 4 amide bonds. The maximum absolute atomic E-state index is 13.2. The van der Waals surface area contributed by atoms with Crippen LogP contribution in [0, 0.1) is 0 Å². The summed E-state index contributed by atoms with van der Waals surface area (Å²) in [5, 5.41) is 39.7. The largest absolute Gasteiger partial charge is 0.503 e. The number of β-lactam (4-membered cyclic amide) rings is 1. The lowest BCUT2D eigenvalue weighted by Crippen LogP contribution is -2.74. The molecular weight excluding hydrogens is 648 g/mol. The molecular formula is C22H24N8O13S2. The number of aliphatic carboxylic acids is 1. The second-order valence-corrected chi connectivity index (χ2v) is 11.8. The van der Waals surface area contributed by atoms with Gasteiger partial charge in [0.15, 0.2) is 16.6 Å². The van der Waals surface area contributed by atoms with Crippen LogP contribution in [0.5, 0.6) is 5.75 Å². The van der Waals surface area contributed by atoms with Crippen molar-refractivity contribution in [1.29, 1.82) is 0 Å². The molecule has 1 aliphatic heterocycles. The zero-order valence-corrected chi connectivity index (χ0v) is 24.2. The molecule has 1 saturated carbocycles. The molecule has 2 aliphatic rings. The van der Waals surface area contributed by atoms with E-state index in [1.807, 2.05) is 5.32 Å². The SMILES string of the molecule is Nc1nc(C(=NOC2(C(=O)O)CCC2)C(=O)N[C@@H]2C(=O)N(S(=O)(=O)O)[C@H]2CNC(=O)C(=O)NCc2cc(=O)c(O)cn2O)cs1. The first kappa shape index (κ1) is 32.6. The molecule has 2 aromatic rings. The molecule has 45 heavy (non-hydrogen) atoms. The molecule has 9 N–H and O–H groups in total. The van der Waals surface area contributed by atoms with Gasteiger partial charge in [0.25, 0.3) is 11.8 Å². The quantitative estimate of drug-likeness (QED) is 0.0286. The number of carbonyl (C=O) groups excluding carboxylic acids is 4. The third kappa shape index (κ3) is 6.78. The Bertz CT molecular complexity index is 1770. The summed E-state index contributed by atoms with van der Waals surface area (Å²) in [4.78, 5) is 82.7. The van der Waals surface area contributed by atoms with Gasteiger partial charge in [0.05, 0.1) is 24.5 Å². The summed E-state index contributed by atoms with van der Waals surface area (Å²) in [5.74, 6) is -7.35. The van der Waals surface area contributed by atoms with Crippen molar-refractivity contribution >= 4 is 62.1 Å². The van der Waals surface area contributed by atoms with Gasteiger partial charge < -0.3 is 41.9 Å². The standard InChI is InChI=1S/C22H24N8O13S2/c23-21-26-10(8-44-21)14(28-43-22(20(37)38)2-1-3-22)16(33)27-15-11(30(19(15)36)45(40,41)42)6-25-18(35)17(34)24-5-9-4-12(31)13(32)7-29(9)39/h4,7-8,11,15,32,39H,1-3,5-6H2,(H2,23,26)(H,24,34)(H,25,35)(H,27,33)(H,37,38)(H,40,41,42)/t11-,15-/m0/s1. The Kier molecular flexibility index (Phi) is 8.97. The normalized spacial score (nSPS) is 19.1. The van der Waals surface area contributed by atoms with Gasteiger partial charge in [-0.3, -0.25) is 28.5 Å². The molecule has 0 spiro atoms. The lowest BCUT2D eigenvalue weighted by atomic mass is 9.80. The van der Waals surface area contributed by atoms with Crippen molar-refractivity contribution in [3.8, 4) is 5.75 Å². The van der Waals surface area contributed by atoms with E-state index in [1.54, 1.807) is 0 Å². The molecule has 2 atom stereocenters. The molecule has 0 bridgehead atoms. The number of thiazole rings is 1. The van der Waals surface area contributed by atoms with Crippen LogP contribution in [-0.2, 0) is 45.7 Å². The van der Waals surface area contributed by atoms with Gasteiger partial charge in [-0.15, -0.1) is 11.3 Å². The first-order valence-corrected chi connectivity index (χ1v) is 14.8. The van der Waals surface area contributed by atoms with Crippen molar-refractivity contribution in [2.45, 2.75) is 43.5 Å². The van der Waals surface area contributed by atoms with Crippen LogP contribution in [0.3, 0.4) is 0 Å². The number of rotatable bonds is 11. The minimum atomic E-state index is -5.21. The summed E-state index contributed by atoms with van der Waals surface area (Å²) in [6.45, 7) is -1.37. The third-order valence-electron chi connectivity index (χ3n) is 6.74. The first-order chi connectivity index (χ1) is 21.0. The van der Waals surface area contributed by atoms with Crippen LogP contribution < -0.4 is 27.1 Å². The minimum Gasteiger partial charge on any atom is -0.503 e. The number of nitrogens with two attached hydrogens (primary N) is 1. The van der Waals surface area contributed by atoms with Crippen molar-refractivity contribution in [3.63, 3.8) is 0 Å². The summed E-state index contributed by atoms with van der Waals surface area (Å²) < 4.78 is 33.4. The highest BCUT2D eigenvalue weighted by Crippen LogP contribution is 2.36. The number of nitrogens with one attached hydrogen (secondary N) is 3. The predicted molar refractivity (Wildman–Crippen MR) is 147 cm³/mol. The Hall–Kier alpha value is -5.29. The van der Waals surface area contributed by atoms with E-state index in [1.165, 1.54) is 5.38 Å². The van der Waals surface area contributed by atoms with Gasteiger partial charge in [0.1, 0.15) is 11.7 Å². The lowest BCUT2D eigenvalue weighted by molar-refractivity contribution is -0.178. The summed E-state index contributed by atoms with van der Waals surface area (Å²) in [7, 11) is -5.21. The molecule has 0 unspecified atom stereocenters. The molecule has 1 saturated heterocycles. The summed E-state index contributed by atoms with van der Waals surface area (Å²) in [6, 6.07) is -2.60. The number of anilines is 1. The molecule has 21 nitrogen and oxygen atoms in total. The smallest absolute Gasteiger partial charge is 0.362 e. The predicted octanol–water partition coefficient (Wildman–Crippen LogP) is -3.51. The van der Waals surface area contributed by atoms with E-state index in [0.29, 0.717) is 17.3 Å². The van der Waals surface area contributed by atoms with Gasteiger partial charge >= 0.3 is 28.1 Å². The number of hydrogen-bond acceptors (Lipinski definition) is 15. The molecule has 2 fully saturated rings. The average molecular weight is 673 g/mol. The van der Waals surface area contributed by atoms with Crippen LogP contribution >= 0.6 is 11.3 Å². The van der Waals surface area contributed by atoms with E-state index < -0.39 is 87.6 Å². The Morgan fingerprint density at radius 3 is 2.40 bits per heavy atom. The maximum Gasteiger partial charge on any atom is 0.362 e. The van der Waals surface area contributed by atoms with E-state index in [4.69, 9.17) is 10.6 Å². The number of carboxylic acid groups (broad SMARTS) is 1. The second kappa shape index (κ2) is 12.4. The van der Waals surface area contributed by atoms with Gasteiger partial charge in [0.2, 0.25) is 11.0 Å². The zero-order chi connectivity index (χ0) is 33.3.